The molecule has 1 aliphatic rings. The molecule has 1 heterocycles. The number of hydrogen-bond donors (Lipinski definition) is 2. The summed E-state index contributed by atoms with van der Waals surface area (Å²) >= 11 is 0. The van der Waals surface area contributed by atoms with E-state index in [1.807, 2.05) is 64.9 Å². The number of carbonyl (C=O) groups is 1. The highest BCUT2D eigenvalue weighted by Crippen LogP contribution is 2.24. The first-order chi connectivity index (χ1) is 12.7. The molecule has 4 nitrogen and oxygen atoms in total. The molecule has 0 unspecified atom stereocenters. The van der Waals surface area contributed by atoms with Crippen LogP contribution >= 0.6 is 0 Å². The summed E-state index contributed by atoms with van der Waals surface area (Å²) in [6.07, 6.45) is 8.68. The minimum absolute atomic E-state index is 0. The van der Waals surface area contributed by atoms with Crippen LogP contribution in [0.15, 0.2) is 48.2 Å². The summed E-state index contributed by atoms with van der Waals surface area (Å²) in [7, 11) is 3.99. The van der Waals surface area contributed by atoms with E-state index in [4.69, 9.17) is 10.5 Å². The first-order valence-electron chi connectivity index (χ1n) is 9.60. The minimum Gasteiger partial charge on any atom is -0.383 e. The number of hydrogen-bond acceptors (Lipinski definition) is 4. The lowest BCUT2D eigenvalue weighted by atomic mass is 9.90. The van der Waals surface area contributed by atoms with Gasteiger partial charge in [0.1, 0.15) is 6.79 Å². The standard InChI is InChI=1S/C12H17N.C10H20N2.CH2O.CH4.H2/c1-10-2-4-11(5-3-10)12-6-8-13-9-7-12;1-6-9(10(2,3)11)7-8-12(4)5;1-2;;/h2-5,12-13H,6-9H2,1H3;6-8H,11H2,1-5H3;1H2;1H4;1H/b;8-7-,9-6+;;;. The number of carbonyl (C=O) groups excluding carboxylic acids is 1. The molecule has 0 saturated carbocycles. The molecule has 0 aliphatic carbocycles. The number of nitrogens with two attached hydrogens (primary N) is 1. The molecule has 0 aromatic heterocycles. The summed E-state index contributed by atoms with van der Waals surface area (Å²) < 4.78 is 0. The number of allylic oxidation sites excluding steroid dienone is 1. The van der Waals surface area contributed by atoms with Gasteiger partial charge < -0.3 is 20.7 Å². The number of rotatable bonds is 4. The van der Waals surface area contributed by atoms with Gasteiger partial charge in [0.15, 0.2) is 0 Å². The lowest BCUT2D eigenvalue weighted by Gasteiger charge is -2.22. The van der Waals surface area contributed by atoms with Crippen LogP contribution in [0.2, 0.25) is 0 Å². The minimum atomic E-state index is -0.249. The topological polar surface area (TPSA) is 58.4 Å². The third-order valence-corrected chi connectivity index (χ3v) is 4.50. The third kappa shape index (κ3) is 11.7. The fraction of sp³-hybridized carbons (Fsp3) is 0.542. The van der Waals surface area contributed by atoms with Gasteiger partial charge in [0.25, 0.3) is 0 Å². The van der Waals surface area contributed by atoms with Gasteiger partial charge in [-0.05, 0) is 83.0 Å². The Morgan fingerprint density at radius 3 is 2.11 bits per heavy atom. The van der Waals surface area contributed by atoms with Gasteiger partial charge in [-0.1, -0.05) is 43.3 Å². The molecule has 0 bridgehead atoms. The number of nitrogens with one attached hydrogen (secondary N) is 1. The van der Waals surface area contributed by atoms with Crippen molar-refractivity contribution in [3.05, 3.63) is 59.3 Å². The van der Waals surface area contributed by atoms with Crippen molar-refractivity contribution in [2.45, 2.75) is 59.4 Å². The van der Waals surface area contributed by atoms with Crippen LogP contribution in [0, 0.1) is 6.92 Å². The fourth-order valence-electron chi connectivity index (χ4n) is 2.91. The Kier molecular flexibility index (Phi) is 15.2. The van der Waals surface area contributed by atoms with Gasteiger partial charge in [-0.25, -0.2) is 0 Å². The van der Waals surface area contributed by atoms with Gasteiger partial charge in [0.05, 0.1) is 0 Å². The third-order valence-electron chi connectivity index (χ3n) is 4.50. The van der Waals surface area contributed by atoms with E-state index in [9.17, 15) is 0 Å². The van der Waals surface area contributed by atoms with Crippen molar-refractivity contribution < 1.29 is 6.22 Å². The second-order valence-corrected chi connectivity index (χ2v) is 7.68. The van der Waals surface area contributed by atoms with E-state index in [1.165, 1.54) is 37.1 Å². The van der Waals surface area contributed by atoms with Crippen molar-refractivity contribution in [2.24, 2.45) is 5.73 Å². The largest absolute Gasteiger partial charge is 0.383 e. The van der Waals surface area contributed by atoms with E-state index in [0.717, 1.165) is 11.5 Å². The van der Waals surface area contributed by atoms with E-state index in [2.05, 4.69) is 36.5 Å². The quantitative estimate of drug-likeness (QED) is 0.716. The average molecular weight is 392 g/mol. The molecule has 3 N–H and O–H groups in total. The molecule has 1 fully saturated rings. The lowest BCUT2D eigenvalue weighted by molar-refractivity contribution is -0.0979. The number of nitrogens with zero attached hydrogens (tertiary/aromatic N) is 1. The maximum Gasteiger partial charge on any atom is 0.106 e. The zero-order chi connectivity index (χ0) is 20.9. The molecule has 1 aromatic carbocycles. The van der Waals surface area contributed by atoms with Crippen molar-refractivity contribution in [3.8, 4) is 0 Å². The Hall–Kier alpha value is -1.91. The van der Waals surface area contributed by atoms with Crippen molar-refractivity contribution in [2.75, 3.05) is 27.2 Å². The molecule has 1 aromatic rings. The second-order valence-electron chi connectivity index (χ2n) is 7.68. The van der Waals surface area contributed by atoms with E-state index in [0.29, 0.717) is 0 Å². The van der Waals surface area contributed by atoms with Crippen LogP contribution in [-0.4, -0.2) is 44.4 Å². The molecule has 0 atom stereocenters. The molecule has 28 heavy (non-hydrogen) atoms. The summed E-state index contributed by atoms with van der Waals surface area (Å²) in [4.78, 5) is 10.00. The monoisotopic (exact) mass is 391 g/mol. The lowest BCUT2D eigenvalue weighted by Crippen LogP contribution is -2.33. The zero-order valence-corrected chi connectivity index (χ0v) is 18.1. The van der Waals surface area contributed by atoms with Gasteiger partial charge in [0, 0.05) is 21.1 Å². The summed E-state index contributed by atoms with van der Waals surface area (Å²) in [6, 6.07) is 9.01. The van der Waals surface area contributed by atoms with Gasteiger partial charge in [0.2, 0.25) is 0 Å². The van der Waals surface area contributed by atoms with Gasteiger partial charge in [-0.15, -0.1) is 0 Å². The molecular weight excluding hydrogens is 346 g/mol. The number of benzene rings is 1. The average Bonchev–Trinajstić information content (AvgIpc) is 2.64. The Morgan fingerprint density at radius 2 is 1.71 bits per heavy atom. The molecule has 162 valence electrons. The Bertz CT molecular complexity index is 569. The van der Waals surface area contributed by atoms with E-state index in [1.54, 1.807) is 0 Å². The van der Waals surface area contributed by atoms with Crippen molar-refractivity contribution in [1.82, 2.24) is 10.2 Å². The molecule has 2 rings (SSSR count). The predicted molar refractivity (Wildman–Crippen MR) is 127 cm³/mol. The van der Waals surface area contributed by atoms with Crippen molar-refractivity contribution in [3.63, 3.8) is 0 Å². The van der Waals surface area contributed by atoms with E-state index in [-0.39, 0.29) is 14.4 Å². The van der Waals surface area contributed by atoms with Gasteiger partial charge in [-0.3, -0.25) is 0 Å². The Morgan fingerprint density at radius 1 is 1.21 bits per heavy atom. The molecule has 0 radical (unpaired) electrons. The van der Waals surface area contributed by atoms with Crippen LogP contribution in [0.25, 0.3) is 0 Å². The van der Waals surface area contributed by atoms with E-state index < -0.39 is 0 Å². The van der Waals surface area contributed by atoms with Crippen LogP contribution in [0.4, 0.5) is 0 Å². The smallest absolute Gasteiger partial charge is 0.106 e. The summed E-state index contributed by atoms with van der Waals surface area (Å²) in [6.45, 7) is 12.5. The maximum absolute atomic E-state index is 8.00. The number of aryl methyl sites for hydroxylation is 1. The van der Waals surface area contributed by atoms with Crippen LogP contribution in [0.5, 0.6) is 0 Å². The summed E-state index contributed by atoms with van der Waals surface area (Å²) in [5.74, 6) is 0.793. The SMILES string of the molecule is C.C/C=C(\C=C/N(C)C)C(C)(C)N.C=O.Cc1ccc(C2CCNCC2)cc1.[HH]. The normalized spacial score (nSPS) is 14.9. The summed E-state index contributed by atoms with van der Waals surface area (Å²) in [5.41, 5.74) is 9.72. The highest BCUT2D eigenvalue weighted by atomic mass is 16.1. The molecule has 4 heteroatoms. The Labute approximate surface area is 175 Å². The summed E-state index contributed by atoms with van der Waals surface area (Å²) in [5, 5.41) is 3.40. The highest BCUT2D eigenvalue weighted by Gasteiger charge is 2.14. The van der Waals surface area contributed by atoms with Crippen molar-refractivity contribution >= 4 is 6.79 Å². The van der Waals surface area contributed by atoms with Crippen LogP contribution in [0.1, 0.15) is 59.5 Å². The molecule has 1 aliphatic heterocycles. The number of piperidine rings is 1. The fourth-order valence-corrected chi connectivity index (χ4v) is 2.91. The molecule has 0 spiro atoms. The first-order valence-corrected chi connectivity index (χ1v) is 9.60. The van der Waals surface area contributed by atoms with Gasteiger partial charge >= 0.3 is 0 Å². The van der Waals surface area contributed by atoms with Gasteiger partial charge in [-0.2, -0.15) is 0 Å². The predicted octanol–water partition coefficient (Wildman–Crippen LogP) is 4.90. The maximum atomic E-state index is 8.00. The van der Waals surface area contributed by atoms with Crippen LogP contribution in [-0.2, 0) is 4.79 Å². The van der Waals surface area contributed by atoms with Crippen LogP contribution in [0.3, 0.4) is 0 Å². The second kappa shape index (κ2) is 15.1. The highest BCUT2D eigenvalue weighted by molar-refractivity contribution is 5.27. The van der Waals surface area contributed by atoms with E-state index >= 15 is 0 Å². The zero-order valence-electron chi connectivity index (χ0n) is 18.1. The first kappa shape index (κ1) is 28.3. The van der Waals surface area contributed by atoms with Crippen molar-refractivity contribution in [1.29, 1.82) is 0 Å². The Balaban J connectivity index is -0.000000405. The molecule has 0 amide bonds. The van der Waals surface area contributed by atoms with Crippen LogP contribution < -0.4 is 11.1 Å². The molecular formula is C24H45N3O. The molecule has 1 saturated heterocycles.